The molecule has 1 aromatic heterocycles. The van der Waals surface area contributed by atoms with Crippen LogP contribution >= 0.6 is 12.4 Å². The normalized spacial score (nSPS) is 15.9. The first-order valence-electron chi connectivity index (χ1n) is 6.97. The van der Waals surface area contributed by atoms with E-state index in [1.54, 1.807) is 0 Å². The van der Waals surface area contributed by atoms with Crippen LogP contribution < -0.4 is 10.5 Å². The number of halogens is 1. The van der Waals surface area contributed by atoms with Crippen LogP contribution in [-0.2, 0) is 12.0 Å². The maximum Gasteiger partial charge on any atom is 0.230 e. The van der Waals surface area contributed by atoms with Gasteiger partial charge < -0.3 is 15.0 Å². The summed E-state index contributed by atoms with van der Waals surface area (Å²) in [4.78, 5) is 4.37. The molecule has 1 fully saturated rings. The summed E-state index contributed by atoms with van der Waals surface area (Å²) in [6.45, 7) is 2.55. The van der Waals surface area contributed by atoms with E-state index in [-0.39, 0.29) is 17.9 Å². The summed E-state index contributed by atoms with van der Waals surface area (Å²) in [5, 5.41) is 3.98. The van der Waals surface area contributed by atoms with Crippen LogP contribution in [0.2, 0.25) is 0 Å². The monoisotopic (exact) mass is 309 g/mol. The Labute approximate surface area is 130 Å². The Balaban J connectivity index is 0.00000161. The second kappa shape index (κ2) is 6.45. The predicted octanol–water partition coefficient (Wildman–Crippen LogP) is 2.76. The Morgan fingerprint density at radius 2 is 2.19 bits per heavy atom. The second-order valence-corrected chi connectivity index (χ2v) is 5.44. The number of nitrogens with two attached hydrogens (primary N) is 1. The molecule has 0 unspecified atom stereocenters. The minimum Gasteiger partial charge on any atom is -0.493 e. The van der Waals surface area contributed by atoms with E-state index < -0.39 is 0 Å². The minimum absolute atomic E-state index is 0. The molecule has 0 spiro atoms. The summed E-state index contributed by atoms with van der Waals surface area (Å²) in [6.07, 6.45) is 3.60. The molecular weight excluding hydrogens is 290 g/mol. The lowest BCUT2D eigenvalue weighted by molar-refractivity contribution is 0.228. The van der Waals surface area contributed by atoms with E-state index in [0.29, 0.717) is 24.7 Å². The maximum absolute atomic E-state index is 6.16. The van der Waals surface area contributed by atoms with E-state index in [1.165, 1.54) is 5.56 Å². The van der Waals surface area contributed by atoms with Crippen molar-refractivity contribution in [2.75, 3.05) is 6.61 Å². The smallest absolute Gasteiger partial charge is 0.230 e. The third-order valence-electron chi connectivity index (χ3n) is 3.73. The Bertz CT molecular complexity index is 596. The summed E-state index contributed by atoms with van der Waals surface area (Å²) < 4.78 is 10.9. The van der Waals surface area contributed by atoms with Gasteiger partial charge in [0.2, 0.25) is 5.89 Å². The zero-order valence-corrected chi connectivity index (χ0v) is 12.9. The molecule has 1 heterocycles. The van der Waals surface area contributed by atoms with Gasteiger partial charge in [-0.1, -0.05) is 17.3 Å². The average Bonchev–Trinajstić information content (AvgIpc) is 2.85. The quantitative estimate of drug-likeness (QED) is 0.919. The summed E-state index contributed by atoms with van der Waals surface area (Å²) in [5.74, 6) is 2.08. The van der Waals surface area contributed by atoms with Crippen molar-refractivity contribution in [2.24, 2.45) is 5.73 Å². The van der Waals surface area contributed by atoms with Crippen LogP contribution in [0.3, 0.4) is 0 Å². The van der Waals surface area contributed by atoms with Gasteiger partial charge in [-0.3, -0.25) is 0 Å². The molecule has 3 rings (SSSR count). The molecule has 114 valence electrons. The maximum atomic E-state index is 6.16. The number of rotatable bonds is 5. The van der Waals surface area contributed by atoms with Crippen LogP contribution in [0, 0.1) is 6.92 Å². The van der Waals surface area contributed by atoms with Gasteiger partial charge >= 0.3 is 0 Å². The lowest BCUT2D eigenvalue weighted by Gasteiger charge is -2.34. The van der Waals surface area contributed by atoms with Crippen LogP contribution in [0.1, 0.15) is 36.5 Å². The molecular formula is C15H20ClN3O2. The van der Waals surface area contributed by atoms with Crippen molar-refractivity contribution >= 4 is 12.4 Å². The van der Waals surface area contributed by atoms with E-state index in [4.69, 9.17) is 15.0 Å². The first-order chi connectivity index (χ1) is 9.66. The third kappa shape index (κ3) is 3.54. The fourth-order valence-electron chi connectivity index (χ4n) is 2.30. The van der Waals surface area contributed by atoms with Crippen molar-refractivity contribution < 1.29 is 9.26 Å². The zero-order valence-electron chi connectivity index (χ0n) is 12.0. The van der Waals surface area contributed by atoms with Gasteiger partial charge in [-0.15, -0.1) is 12.4 Å². The largest absolute Gasteiger partial charge is 0.493 e. The summed E-state index contributed by atoms with van der Waals surface area (Å²) >= 11 is 0. The van der Waals surface area contributed by atoms with Crippen molar-refractivity contribution in [1.82, 2.24) is 10.1 Å². The van der Waals surface area contributed by atoms with Crippen LogP contribution in [-0.4, -0.2) is 16.7 Å². The van der Waals surface area contributed by atoms with Gasteiger partial charge in [-0.25, -0.2) is 0 Å². The van der Waals surface area contributed by atoms with Gasteiger partial charge in [0.15, 0.2) is 5.82 Å². The molecule has 21 heavy (non-hydrogen) atoms. The SMILES string of the molecule is Cc1cccc(OCCc2nc(C3(N)CCC3)no2)c1.Cl. The third-order valence-corrected chi connectivity index (χ3v) is 3.73. The number of nitrogens with zero attached hydrogens (tertiary/aromatic N) is 2. The molecule has 1 aliphatic rings. The molecule has 1 aromatic carbocycles. The number of hydrogen-bond acceptors (Lipinski definition) is 5. The molecule has 0 saturated heterocycles. The molecule has 1 aliphatic carbocycles. The highest BCUT2D eigenvalue weighted by Crippen LogP contribution is 2.36. The van der Waals surface area contributed by atoms with Gasteiger partial charge in [0.1, 0.15) is 5.75 Å². The fraction of sp³-hybridized carbons (Fsp3) is 0.467. The first-order valence-corrected chi connectivity index (χ1v) is 6.97. The Kier molecular flexibility index (Phi) is 4.85. The number of aryl methyl sites for hydroxylation is 1. The van der Waals surface area contributed by atoms with Crippen molar-refractivity contribution in [3.05, 3.63) is 41.5 Å². The first kappa shape index (κ1) is 15.8. The lowest BCUT2D eigenvalue weighted by Crippen LogP contribution is -2.44. The van der Waals surface area contributed by atoms with Crippen molar-refractivity contribution in [3.8, 4) is 5.75 Å². The summed E-state index contributed by atoms with van der Waals surface area (Å²) in [6, 6.07) is 7.96. The summed E-state index contributed by atoms with van der Waals surface area (Å²) in [7, 11) is 0. The molecule has 0 amide bonds. The molecule has 0 atom stereocenters. The van der Waals surface area contributed by atoms with Crippen molar-refractivity contribution in [2.45, 2.75) is 38.1 Å². The Morgan fingerprint density at radius 1 is 1.38 bits per heavy atom. The highest BCUT2D eigenvalue weighted by atomic mass is 35.5. The van der Waals surface area contributed by atoms with Crippen LogP contribution in [0.5, 0.6) is 5.75 Å². The highest BCUT2D eigenvalue weighted by molar-refractivity contribution is 5.85. The minimum atomic E-state index is -0.362. The zero-order chi connectivity index (χ0) is 14.0. The second-order valence-electron chi connectivity index (χ2n) is 5.44. The van der Waals surface area contributed by atoms with Gasteiger partial charge in [0, 0.05) is 0 Å². The van der Waals surface area contributed by atoms with E-state index in [9.17, 15) is 0 Å². The Hall–Kier alpha value is -1.59. The van der Waals surface area contributed by atoms with Crippen LogP contribution in [0.4, 0.5) is 0 Å². The molecule has 0 aliphatic heterocycles. The van der Waals surface area contributed by atoms with Crippen LogP contribution in [0.15, 0.2) is 28.8 Å². The van der Waals surface area contributed by atoms with E-state index in [0.717, 1.165) is 25.0 Å². The molecule has 2 aromatic rings. The van der Waals surface area contributed by atoms with E-state index in [1.807, 2.05) is 31.2 Å². The molecule has 0 bridgehead atoms. The van der Waals surface area contributed by atoms with Crippen molar-refractivity contribution in [1.29, 1.82) is 0 Å². The molecule has 5 nitrogen and oxygen atoms in total. The molecule has 0 radical (unpaired) electrons. The highest BCUT2D eigenvalue weighted by Gasteiger charge is 2.38. The van der Waals surface area contributed by atoms with E-state index in [2.05, 4.69) is 10.1 Å². The van der Waals surface area contributed by atoms with E-state index >= 15 is 0 Å². The average molecular weight is 310 g/mol. The predicted molar refractivity (Wildman–Crippen MR) is 81.6 cm³/mol. The molecule has 2 N–H and O–H groups in total. The lowest BCUT2D eigenvalue weighted by atomic mass is 9.77. The van der Waals surface area contributed by atoms with Gasteiger partial charge in [0.05, 0.1) is 18.6 Å². The molecule has 6 heteroatoms. The fourth-order valence-corrected chi connectivity index (χ4v) is 2.30. The molecule has 1 saturated carbocycles. The standard InChI is InChI=1S/C15H19N3O2.ClH/c1-11-4-2-5-12(10-11)19-9-6-13-17-14(18-20-13)15(16)7-3-8-15;/h2,4-5,10H,3,6-9,16H2,1H3;1H. The number of ether oxygens (including phenoxy) is 1. The van der Waals surface area contributed by atoms with Gasteiger partial charge in [-0.05, 0) is 43.9 Å². The number of hydrogen-bond donors (Lipinski definition) is 1. The van der Waals surface area contributed by atoms with Crippen LogP contribution in [0.25, 0.3) is 0 Å². The van der Waals surface area contributed by atoms with Crippen molar-refractivity contribution in [3.63, 3.8) is 0 Å². The summed E-state index contributed by atoms with van der Waals surface area (Å²) in [5.41, 5.74) is 6.97. The number of aromatic nitrogens is 2. The number of benzene rings is 1. The topological polar surface area (TPSA) is 74.2 Å². The van der Waals surface area contributed by atoms with Gasteiger partial charge in [0.25, 0.3) is 0 Å². The Morgan fingerprint density at radius 3 is 2.86 bits per heavy atom. The van der Waals surface area contributed by atoms with Gasteiger partial charge in [-0.2, -0.15) is 4.98 Å².